The number of carbonyl (C=O) groups is 1. The molecule has 4 atom stereocenters. The van der Waals surface area contributed by atoms with E-state index in [9.17, 15) is 13.6 Å². The van der Waals surface area contributed by atoms with Crippen molar-refractivity contribution in [1.29, 1.82) is 0 Å². The highest BCUT2D eigenvalue weighted by Gasteiger charge is 2.28. The molecule has 32 heavy (non-hydrogen) atoms. The molecule has 0 aromatic heterocycles. The Hall–Kier alpha value is -2.88. The van der Waals surface area contributed by atoms with Crippen molar-refractivity contribution >= 4 is 11.9 Å². The van der Waals surface area contributed by atoms with Crippen molar-refractivity contribution in [2.75, 3.05) is 6.61 Å². The van der Waals surface area contributed by atoms with E-state index < -0.39 is 11.7 Å². The van der Waals surface area contributed by atoms with Gasteiger partial charge in [-0.05, 0) is 61.7 Å². The van der Waals surface area contributed by atoms with Gasteiger partial charge in [0.1, 0.15) is 11.6 Å². The third kappa shape index (κ3) is 5.67. The minimum absolute atomic E-state index is 0.0299. The number of benzene rings is 2. The molecule has 2 aliphatic heterocycles. The molecule has 2 heterocycles. The van der Waals surface area contributed by atoms with Crippen LogP contribution in [-0.4, -0.2) is 36.8 Å². The first-order valence-electron chi connectivity index (χ1n) is 10.8. The van der Waals surface area contributed by atoms with Crippen molar-refractivity contribution in [3.05, 3.63) is 71.3 Å². The first kappa shape index (κ1) is 22.3. The number of nitrogens with one attached hydrogen (secondary N) is 4. The Morgan fingerprint density at radius 3 is 2.44 bits per heavy atom. The van der Waals surface area contributed by atoms with Crippen LogP contribution in [0.15, 0.2) is 53.5 Å². The largest absolute Gasteiger partial charge is 0.376 e. The van der Waals surface area contributed by atoms with Crippen LogP contribution in [0.3, 0.4) is 0 Å². The topological polar surface area (TPSA) is 86.8 Å². The molecule has 2 aromatic carbocycles. The van der Waals surface area contributed by atoms with Gasteiger partial charge in [-0.25, -0.2) is 19.6 Å². The van der Waals surface area contributed by atoms with Gasteiger partial charge in [0.05, 0.1) is 18.3 Å². The van der Waals surface area contributed by atoms with Crippen LogP contribution in [0.5, 0.6) is 0 Å². The molecule has 7 nitrogen and oxygen atoms in total. The van der Waals surface area contributed by atoms with Gasteiger partial charge in [-0.2, -0.15) is 4.99 Å². The van der Waals surface area contributed by atoms with Crippen molar-refractivity contribution in [1.82, 2.24) is 21.5 Å². The predicted octanol–water partition coefficient (Wildman–Crippen LogP) is 2.77. The average molecular weight is 443 g/mol. The Kier molecular flexibility index (Phi) is 7.09. The molecule has 0 spiro atoms. The zero-order valence-electron chi connectivity index (χ0n) is 17.8. The number of guanidine groups is 1. The number of nitrogens with zero attached hydrogens (tertiary/aromatic N) is 1. The van der Waals surface area contributed by atoms with E-state index in [0.29, 0.717) is 17.9 Å². The van der Waals surface area contributed by atoms with Crippen molar-refractivity contribution < 1.29 is 18.3 Å². The van der Waals surface area contributed by atoms with Crippen LogP contribution in [0.2, 0.25) is 0 Å². The van der Waals surface area contributed by atoms with E-state index in [1.807, 2.05) is 6.92 Å². The Bertz CT molecular complexity index is 946. The monoisotopic (exact) mass is 443 g/mol. The molecule has 4 unspecified atom stereocenters. The van der Waals surface area contributed by atoms with Gasteiger partial charge in [-0.15, -0.1) is 0 Å². The second-order valence-corrected chi connectivity index (χ2v) is 8.08. The summed E-state index contributed by atoms with van der Waals surface area (Å²) in [6, 6.07) is 11.5. The highest BCUT2D eigenvalue weighted by Crippen LogP contribution is 2.21. The molecule has 0 aliphatic carbocycles. The van der Waals surface area contributed by atoms with Crippen molar-refractivity contribution in [2.24, 2.45) is 4.99 Å². The van der Waals surface area contributed by atoms with Gasteiger partial charge in [0.25, 0.3) is 5.91 Å². The molecule has 2 fully saturated rings. The van der Waals surface area contributed by atoms with E-state index in [2.05, 4.69) is 26.5 Å². The Morgan fingerprint density at radius 2 is 1.78 bits per heavy atom. The highest BCUT2D eigenvalue weighted by atomic mass is 19.1. The smallest absolute Gasteiger partial charge is 0.280 e. The standard InChI is InChI=1S/C23H27F2N5O2/c1-14(20-3-2-12-32-20)26-23(28-22(31)16-6-10-18(25)11-7-16)27-21-13-19(29-30-21)15-4-8-17(24)9-5-15/h4-11,14,19-21,29-30H,2-3,12-13H2,1H3,(H2,26,27,28,31). The number of halogens is 2. The lowest BCUT2D eigenvalue weighted by molar-refractivity contribution is 0.0886. The van der Waals surface area contributed by atoms with Gasteiger partial charge < -0.3 is 15.4 Å². The van der Waals surface area contributed by atoms with E-state index in [0.717, 1.165) is 25.0 Å². The molecular weight excluding hydrogens is 416 g/mol. The summed E-state index contributed by atoms with van der Waals surface area (Å²) in [6.07, 6.45) is 2.38. The van der Waals surface area contributed by atoms with Gasteiger partial charge in [-0.1, -0.05) is 12.1 Å². The highest BCUT2D eigenvalue weighted by molar-refractivity contribution is 6.02. The lowest BCUT2D eigenvalue weighted by Crippen LogP contribution is -2.53. The number of hydrogen-bond acceptors (Lipinski definition) is 4. The molecule has 170 valence electrons. The summed E-state index contributed by atoms with van der Waals surface area (Å²) in [5, 5.41) is 6.50. The summed E-state index contributed by atoms with van der Waals surface area (Å²) < 4.78 is 32.2. The maximum atomic E-state index is 13.2. The van der Waals surface area contributed by atoms with Crippen molar-refractivity contribution in [2.45, 2.75) is 50.5 Å². The lowest BCUT2D eigenvalue weighted by Gasteiger charge is -2.24. The number of hydrogen-bond donors (Lipinski definition) is 4. The molecule has 0 bridgehead atoms. The Balaban J connectivity index is 1.46. The van der Waals surface area contributed by atoms with E-state index in [1.54, 1.807) is 12.1 Å². The van der Waals surface area contributed by atoms with Gasteiger partial charge in [-0.3, -0.25) is 4.79 Å². The summed E-state index contributed by atoms with van der Waals surface area (Å²) in [6.45, 7) is 2.70. The van der Waals surface area contributed by atoms with Crippen molar-refractivity contribution in [3.63, 3.8) is 0 Å². The number of ether oxygens (including phenoxy) is 1. The fraction of sp³-hybridized carbons (Fsp3) is 0.391. The summed E-state index contributed by atoms with van der Waals surface area (Å²) in [5.41, 5.74) is 7.56. The number of amides is 1. The molecule has 4 N–H and O–H groups in total. The van der Waals surface area contributed by atoms with Crippen LogP contribution >= 0.6 is 0 Å². The molecule has 0 saturated carbocycles. The van der Waals surface area contributed by atoms with Crippen LogP contribution in [0, 0.1) is 11.6 Å². The maximum Gasteiger partial charge on any atom is 0.280 e. The van der Waals surface area contributed by atoms with Gasteiger partial charge in [0.2, 0.25) is 5.96 Å². The predicted molar refractivity (Wildman–Crippen MR) is 117 cm³/mol. The normalized spacial score (nSPS) is 24.3. The molecular formula is C23H27F2N5O2. The quantitative estimate of drug-likeness (QED) is 0.420. The Morgan fingerprint density at radius 1 is 1.09 bits per heavy atom. The van der Waals surface area contributed by atoms with E-state index >= 15 is 0 Å². The fourth-order valence-corrected chi connectivity index (χ4v) is 3.90. The summed E-state index contributed by atoms with van der Waals surface area (Å²) >= 11 is 0. The summed E-state index contributed by atoms with van der Waals surface area (Å²) in [7, 11) is 0. The third-order valence-corrected chi connectivity index (χ3v) is 5.68. The van der Waals surface area contributed by atoms with E-state index in [4.69, 9.17) is 4.74 Å². The minimum Gasteiger partial charge on any atom is -0.376 e. The second-order valence-electron chi connectivity index (χ2n) is 8.08. The molecule has 9 heteroatoms. The molecule has 4 rings (SSSR count). The maximum absolute atomic E-state index is 13.2. The number of rotatable bonds is 5. The molecule has 1 amide bonds. The summed E-state index contributed by atoms with van der Waals surface area (Å²) in [5.74, 6) is -0.875. The van der Waals surface area contributed by atoms with Crippen LogP contribution in [-0.2, 0) is 4.74 Å². The van der Waals surface area contributed by atoms with Gasteiger partial charge in [0, 0.05) is 24.6 Å². The summed E-state index contributed by atoms with van der Waals surface area (Å²) in [4.78, 5) is 16.9. The molecule has 0 radical (unpaired) electrons. The van der Waals surface area contributed by atoms with Gasteiger partial charge in [0.15, 0.2) is 0 Å². The second kappa shape index (κ2) is 10.2. The molecule has 2 aliphatic rings. The molecule has 2 aromatic rings. The van der Waals surface area contributed by atoms with Crippen LogP contribution in [0.25, 0.3) is 0 Å². The fourth-order valence-electron chi connectivity index (χ4n) is 3.90. The van der Waals surface area contributed by atoms with Crippen molar-refractivity contribution in [3.8, 4) is 0 Å². The zero-order valence-corrected chi connectivity index (χ0v) is 17.8. The number of hydrazine groups is 1. The SMILES string of the molecule is CC(N/C(=N/C(=O)c1ccc(F)cc1)NC1CC(c2ccc(F)cc2)NN1)C1CCCO1. The van der Waals surface area contributed by atoms with Crippen LogP contribution in [0.4, 0.5) is 8.78 Å². The third-order valence-electron chi connectivity index (χ3n) is 5.68. The van der Waals surface area contributed by atoms with Crippen LogP contribution in [0.1, 0.15) is 48.1 Å². The molecule has 2 saturated heterocycles. The first-order valence-corrected chi connectivity index (χ1v) is 10.8. The minimum atomic E-state index is -0.486. The first-order chi connectivity index (χ1) is 15.5. The van der Waals surface area contributed by atoms with Gasteiger partial charge >= 0.3 is 0 Å². The average Bonchev–Trinajstić information content (AvgIpc) is 3.47. The van der Waals surface area contributed by atoms with E-state index in [1.165, 1.54) is 36.4 Å². The zero-order chi connectivity index (χ0) is 22.5. The number of aliphatic imine (C=N–C) groups is 1. The van der Waals surface area contributed by atoms with Crippen LogP contribution < -0.4 is 21.5 Å². The Labute approximate surface area is 185 Å². The van der Waals surface area contributed by atoms with E-state index in [-0.39, 0.29) is 30.2 Å². The number of carbonyl (C=O) groups excluding carboxylic acids is 1. The lowest BCUT2D eigenvalue weighted by atomic mass is 10.0.